The highest BCUT2D eigenvalue weighted by molar-refractivity contribution is 5.66. The van der Waals surface area contributed by atoms with Gasteiger partial charge in [0, 0.05) is 6.42 Å². The molecule has 1 N–H and O–H groups in total. The number of rotatable bonds is 12. The standard InChI is InChI=1S/C18H28O2/c1-2-3-4-5-6-7-8-9-10-11-12-13-14-15-16-17-18(19)20/h3-4,6-7,9-10,12-13H,2,5,8,11,14-17H2,1H3,(H,19,20)/b4-3+,7-6-,10-9-,13-12+. The molecule has 0 aliphatic heterocycles. The summed E-state index contributed by atoms with van der Waals surface area (Å²) in [6, 6.07) is 0. The van der Waals surface area contributed by atoms with Gasteiger partial charge in [0.15, 0.2) is 0 Å². The van der Waals surface area contributed by atoms with Gasteiger partial charge in [-0.15, -0.1) is 0 Å². The molecule has 0 fully saturated rings. The lowest BCUT2D eigenvalue weighted by Crippen LogP contribution is -1.92. The van der Waals surface area contributed by atoms with Gasteiger partial charge in [0.1, 0.15) is 0 Å². The zero-order valence-corrected chi connectivity index (χ0v) is 12.6. The Morgan fingerprint density at radius 3 is 1.80 bits per heavy atom. The highest BCUT2D eigenvalue weighted by Crippen LogP contribution is 2.01. The fourth-order valence-electron chi connectivity index (χ4n) is 1.64. The van der Waals surface area contributed by atoms with Crippen LogP contribution in [-0.4, -0.2) is 11.1 Å². The van der Waals surface area contributed by atoms with Crippen molar-refractivity contribution in [3.05, 3.63) is 48.6 Å². The molecule has 0 heterocycles. The Kier molecular flexibility index (Phi) is 14.3. The largest absolute Gasteiger partial charge is 0.481 e. The van der Waals surface area contributed by atoms with Gasteiger partial charge in [-0.2, -0.15) is 0 Å². The number of carbonyl (C=O) groups is 1. The number of carboxylic acid groups (broad SMARTS) is 1. The number of hydrogen-bond acceptors (Lipinski definition) is 1. The topological polar surface area (TPSA) is 37.3 Å². The van der Waals surface area contributed by atoms with E-state index in [0.29, 0.717) is 0 Å². The molecule has 20 heavy (non-hydrogen) atoms. The molecular formula is C18H28O2. The van der Waals surface area contributed by atoms with Crippen LogP contribution in [0.25, 0.3) is 0 Å². The lowest BCUT2D eigenvalue weighted by atomic mass is 10.2. The normalized spacial score (nSPS) is 12.4. The van der Waals surface area contributed by atoms with Crippen LogP contribution in [0.4, 0.5) is 0 Å². The molecule has 0 unspecified atom stereocenters. The highest BCUT2D eigenvalue weighted by atomic mass is 16.4. The number of allylic oxidation sites excluding steroid dienone is 8. The van der Waals surface area contributed by atoms with Gasteiger partial charge in [0.05, 0.1) is 0 Å². The number of aliphatic carboxylic acids is 1. The SMILES string of the molecule is CC/C=C/C/C=C\C/C=C\C/C=C/CCCCC(=O)O. The minimum Gasteiger partial charge on any atom is -0.481 e. The third-order valence-electron chi connectivity index (χ3n) is 2.73. The summed E-state index contributed by atoms with van der Waals surface area (Å²) in [6.07, 6.45) is 24.4. The lowest BCUT2D eigenvalue weighted by molar-refractivity contribution is -0.137. The molecule has 0 aliphatic rings. The fraction of sp³-hybridized carbons (Fsp3) is 0.500. The van der Waals surface area contributed by atoms with E-state index >= 15 is 0 Å². The van der Waals surface area contributed by atoms with Crippen molar-refractivity contribution in [2.45, 2.75) is 58.3 Å². The molecule has 0 spiro atoms. The molecule has 0 aromatic heterocycles. The Morgan fingerprint density at radius 1 is 0.800 bits per heavy atom. The van der Waals surface area contributed by atoms with Crippen LogP contribution >= 0.6 is 0 Å². The van der Waals surface area contributed by atoms with Crippen molar-refractivity contribution >= 4 is 5.97 Å². The van der Waals surface area contributed by atoms with Gasteiger partial charge in [-0.25, -0.2) is 0 Å². The smallest absolute Gasteiger partial charge is 0.303 e. The minimum atomic E-state index is -0.699. The van der Waals surface area contributed by atoms with Gasteiger partial charge in [-0.1, -0.05) is 55.5 Å². The number of unbranched alkanes of at least 4 members (excludes halogenated alkanes) is 2. The summed E-state index contributed by atoms with van der Waals surface area (Å²) in [6.45, 7) is 2.14. The van der Waals surface area contributed by atoms with Crippen molar-refractivity contribution in [3.8, 4) is 0 Å². The van der Waals surface area contributed by atoms with Crippen LogP contribution in [0.1, 0.15) is 58.3 Å². The monoisotopic (exact) mass is 276 g/mol. The zero-order valence-electron chi connectivity index (χ0n) is 12.6. The molecule has 0 aromatic rings. The third kappa shape index (κ3) is 16.4. The van der Waals surface area contributed by atoms with Crippen molar-refractivity contribution < 1.29 is 9.90 Å². The maximum atomic E-state index is 10.3. The van der Waals surface area contributed by atoms with Gasteiger partial charge >= 0.3 is 5.97 Å². The molecule has 0 aliphatic carbocycles. The van der Waals surface area contributed by atoms with Crippen LogP contribution < -0.4 is 0 Å². The summed E-state index contributed by atoms with van der Waals surface area (Å²) in [5.74, 6) is -0.699. The molecule has 0 saturated carbocycles. The van der Waals surface area contributed by atoms with E-state index in [2.05, 4.69) is 55.5 Å². The second kappa shape index (κ2) is 15.5. The predicted octanol–water partition coefficient (Wildman–Crippen LogP) is 5.44. The van der Waals surface area contributed by atoms with E-state index < -0.39 is 5.97 Å². The third-order valence-corrected chi connectivity index (χ3v) is 2.73. The second-order valence-corrected chi connectivity index (χ2v) is 4.64. The predicted molar refractivity (Wildman–Crippen MR) is 86.8 cm³/mol. The Balaban J connectivity index is 3.38. The summed E-state index contributed by atoms with van der Waals surface area (Å²) in [5.41, 5.74) is 0. The van der Waals surface area contributed by atoms with Crippen LogP contribution in [0.5, 0.6) is 0 Å². The molecule has 0 saturated heterocycles. The molecule has 2 nitrogen and oxygen atoms in total. The number of hydrogen-bond donors (Lipinski definition) is 1. The Morgan fingerprint density at radius 2 is 1.30 bits per heavy atom. The van der Waals surface area contributed by atoms with Gasteiger partial charge in [-0.3, -0.25) is 4.79 Å². The van der Waals surface area contributed by atoms with Crippen LogP contribution in [-0.2, 0) is 4.79 Å². The van der Waals surface area contributed by atoms with Gasteiger partial charge in [0.25, 0.3) is 0 Å². The summed E-state index contributed by atoms with van der Waals surface area (Å²) in [4.78, 5) is 10.3. The minimum absolute atomic E-state index is 0.285. The van der Waals surface area contributed by atoms with E-state index in [4.69, 9.17) is 5.11 Å². The van der Waals surface area contributed by atoms with Crippen LogP contribution in [0.15, 0.2) is 48.6 Å². The Bertz CT molecular complexity index is 335. The first-order valence-electron chi connectivity index (χ1n) is 7.59. The van der Waals surface area contributed by atoms with E-state index in [0.717, 1.165) is 44.9 Å². The maximum Gasteiger partial charge on any atom is 0.303 e. The molecule has 0 radical (unpaired) electrons. The van der Waals surface area contributed by atoms with Crippen molar-refractivity contribution in [3.63, 3.8) is 0 Å². The van der Waals surface area contributed by atoms with E-state index in [1.807, 2.05) is 0 Å². The summed E-state index contributed by atoms with van der Waals surface area (Å²) in [7, 11) is 0. The summed E-state index contributed by atoms with van der Waals surface area (Å²) >= 11 is 0. The number of carboxylic acids is 1. The fourth-order valence-corrected chi connectivity index (χ4v) is 1.64. The van der Waals surface area contributed by atoms with Crippen molar-refractivity contribution in [1.29, 1.82) is 0 Å². The zero-order chi connectivity index (χ0) is 14.9. The Labute approximate surface area is 123 Å². The van der Waals surface area contributed by atoms with Gasteiger partial charge in [0.2, 0.25) is 0 Å². The second-order valence-electron chi connectivity index (χ2n) is 4.64. The van der Waals surface area contributed by atoms with E-state index in [1.165, 1.54) is 0 Å². The van der Waals surface area contributed by atoms with Crippen molar-refractivity contribution in [2.75, 3.05) is 0 Å². The van der Waals surface area contributed by atoms with Crippen LogP contribution in [0.2, 0.25) is 0 Å². The maximum absolute atomic E-state index is 10.3. The molecule has 112 valence electrons. The highest BCUT2D eigenvalue weighted by Gasteiger charge is 1.93. The van der Waals surface area contributed by atoms with Crippen molar-refractivity contribution in [2.24, 2.45) is 0 Å². The molecular weight excluding hydrogens is 248 g/mol. The average Bonchev–Trinajstić information content (AvgIpc) is 2.43. The Hall–Kier alpha value is -1.57. The first-order valence-corrected chi connectivity index (χ1v) is 7.59. The summed E-state index contributed by atoms with van der Waals surface area (Å²) < 4.78 is 0. The first-order chi connectivity index (χ1) is 9.77. The van der Waals surface area contributed by atoms with Crippen LogP contribution in [0.3, 0.4) is 0 Å². The average molecular weight is 276 g/mol. The quantitative estimate of drug-likeness (QED) is 0.381. The van der Waals surface area contributed by atoms with E-state index in [9.17, 15) is 4.79 Å². The lowest BCUT2D eigenvalue weighted by Gasteiger charge is -1.92. The van der Waals surface area contributed by atoms with Crippen LogP contribution in [0, 0.1) is 0 Å². The van der Waals surface area contributed by atoms with Gasteiger partial charge < -0.3 is 5.11 Å². The first kappa shape index (κ1) is 18.4. The van der Waals surface area contributed by atoms with Gasteiger partial charge in [-0.05, 0) is 44.9 Å². The molecule has 0 rings (SSSR count). The molecule has 0 atom stereocenters. The molecule has 2 heteroatoms. The molecule has 0 aromatic carbocycles. The molecule has 0 amide bonds. The van der Waals surface area contributed by atoms with E-state index in [1.54, 1.807) is 0 Å². The van der Waals surface area contributed by atoms with E-state index in [-0.39, 0.29) is 6.42 Å². The summed E-state index contributed by atoms with van der Waals surface area (Å²) in [5, 5.41) is 8.48. The molecule has 0 bridgehead atoms. The van der Waals surface area contributed by atoms with Crippen molar-refractivity contribution in [1.82, 2.24) is 0 Å².